The summed E-state index contributed by atoms with van der Waals surface area (Å²) in [5.74, 6) is -1.08. The standard InChI is InChI=1S/C69H112O6/c1-4-7-10-13-16-19-22-25-28-30-31-32-33-34-35-36-37-39-41-44-47-50-53-56-59-62-68(71)74-65-66(64-73-67(70)61-58-55-52-49-46-43-40-27-24-21-18-15-12-9-6-3)75-69(72)63-60-57-54-51-48-45-42-38-29-26-23-20-17-14-11-8-5-2/h8-9,11-12,17-18,20-22,25-27,29-31,40,42,45-46,49,55,58,66H,4-7,10,13-16,19,23-24,28,32-39,41,43-44,47-48,50-54,56-57,59-65H2,1-3H3/b11-8-,12-9-,20-17-,21-18-,25-22-,29-26-,31-30-,40-27-,45-42-,49-46-,58-55-. The fourth-order valence-electron chi connectivity index (χ4n) is 8.13. The summed E-state index contributed by atoms with van der Waals surface area (Å²) in [6, 6.07) is 0. The van der Waals surface area contributed by atoms with Crippen molar-refractivity contribution < 1.29 is 28.6 Å². The fraction of sp³-hybridized carbons (Fsp3) is 0.638. The third-order valence-corrected chi connectivity index (χ3v) is 12.7. The van der Waals surface area contributed by atoms with Crippen molar-refractivity contribution in [3.63, 3.8) is 0 Å². The molecule has 1 atom stereocenters. The van der Waals surface area contributed by atoms with E-state index in [0.717, 1.165) is 116 Å². The Hall–Kier alpha value is -4.45. The van der Waals surface area contributed by atoms with Crippen molar-refractivity contribution in [2.45, 2.75) is 271 Å². The molecule has 0 saturated heterocycles. The number of allylic oxidation sites excluding steroid dienone is 21. The van der Waals surface area contributed by atoms with Crippen LogP contribution in [0.1, 0.15) is 265 Å². The molecule has 0 saturated carbocycles. The van der Waals surface area contributed by atoms with Gasteiger partial charge >= 0.3 is 17.9 Å². The Morgan fingerprint density at radius 3 is 0.933 bits per heavy atom. The highest BCUT2D eigenvalue weighted by atomic mass is 16.6. The molecule has 6 nitrogen and oxygen atoms in total. The third kappa shape index (κ3) is 60.3. The average Bonchev–Trinajstić information content (AvgIpc) is 3.41. The van der Waals surface area contributed by atoms with Gasteiger partial charge in [-0.05, 0) is 116 Å². The molecule has 0 aromatic heterocycles. The summed E-state index contributed by atoms with van der Waals surface area (Å²) in [6.45, 7) is 6.30. The molecule has 0 rings (SSSR count). The topological polar surface area (TPSA) is 78.9 Å². The highest BCUT2D eigenvalue weighted by molar-refractivity contribution is 5.72. The molecule has 6 heteroatoms. The van der Waals surface area contributed by atoms with Crippen molar-refractivity contribution in [1.29, 1.82) is 0 Å². The molecule has 1 unspecified atom stereocenters. The molecule has 0 bridgehead atoms. The van der Waals surface area contributed by atoms with E-state index in [2.05, 4.69) is 142 Å². The molecule has 0 aromatic carbocycles. The highest BCUT2D eigenvalue weighted by Gasteiger charge is 2.19. The first-order valence-electron chi connectivity index (χ1n) is 30.7. The minimum Gasteiger partial charge on any atom is -0.462 e. The molecule has 0 aliphatic rings. The van der Waals surface area contributed by atoms with Crippen LogP contribution in [0, 0.1) is 0 Å². The predicted octanol–water partition coefficient (Wildman–Crippen LogP) is 21.0. The van der Waals surface area contributed by atoms with Gasteiger partial charge in [0, 0.05) is 12.8 Å². The molecule has 0 spiro atoms. The molecule has 424 valence electrons. The minimum absolute atomic E-state index is 0.117. The van der Waals surface area contributed by atoms with E-state index in [0.29, 0.717) is 6.42 Å². The maximum absolute atomic E-state index is 12.9. The Kier molecular flexibility index (Phi) is 58.4. The number of hydrogen-bond donors (Lipinski definition) is 0. The number of unbranched alkanes of at least 4 members (excludes halogenated alkanes) is 22. The van der Waals surface area contributed by atoms with Gasteiger partial charge in [-0.15, -0.1) is 0 Å². The number of hydrogen-bond acceptors (Lipinski definition) is 6. The third-order valence-electron chi connectivity index (χ3n) is 12.7. The van der Waals surface area contributed by atoms with Crippen molar-refractivity contribution >= 4 is 17.9 Å². The van der Waals surface area contributed by atoms with Crippen molar-refractivity contribution in [3.05, 3.63) is 134 Å². The molecule has 0 radical (unpaired) electrons. The van der Waals surface area contributed by atoms with Gasteiger partial charge in [-0.25, -0.2) is 0 Å². The van der Waals surface area contributed by atoms with Crippen molar-refractivity contribution in [2.75, 3.05) is 13.2 Å². The predicted molar refractivity (Wildman–Crippen MR) is 325 cm³/mol. The van der Waals surface area contributed by atoms with E-state index in [9.17, 15) is 14.4 Å². The van der Waals surface area contributed by atoms with E-state index in [4.69, 9.17) is 14.2 Å². The Balaban J connectivity index is 4.44. The largest absolute Gasteiger partial charge is 0.462 e. The zero-order valence-corrected chi connectivity index (χ0v) is 48.5. The van der Waals surface area contributed by atoms with Crippen LogP contribution in [0.15, 0.2) is 134 Å². The van der Waals surface area contributed by atoms with Crippen LogP contribution >= 0.6 is 0 Å². The highest BCUT2D eigenvalue weighted by Crippen LogP contribution is 2.15. The molecule has 0 aromatic rings. The van der Waals surface area contributed by atoms with Gasteiger partial charge in [0.15, 0.2) is 6.10 Å². The van der Waals surface area contributed by atoms with Crippen LogP contribution in [0.2, 0.25) is 0 Å². The van der Waals surface area contributed by atoms with Gasteiger partial charge in [0.25, 0.3) is 0 Å². The van der Waals surface area contributed by atoms with E-state index < -0.39 is 12.1 Å². The normalized spacial score (nSPS) is 13.1. The van der Waals surface area contributed by atoms with Gasteiger partial charge in [-0.3, -0.25) is 14.4 Å². The van der Waals surface area contributed by atoms with Gasteiger partial charge in [0.1, 0.15) is 13.2 Å². The van der Waals surface area contributed by atoms with E-state index in [1.165, 1.54) is 109 Å². The summed E-state index contributed by atoms with van der Waals surface area (Å²) < 4.78 is 16.8. The first-order valence-corrected chi connectivity index (χ1v) is 30.7. The average molecular weight is 1040 g/mol. The van der Waals surface area contributed by atoms with Crippen LogP contribution < -0.4 is 0 Å². The summed E-state index contributed by atoms with van der Waals surface area (Å²) in [5, 5.41) is 0. The number of ether oxygens (including phenoxy) is 3. The van der Waals surface area contributed by atoms with Crippen LogP contribution in [-0.2, 0) is 28.6 Å². The van der Waals surface area contributed by atoms with Crippen LogP contribution in [0.25, 0.3) is 0 Å². The van der Waals surface area contributed by atoms with Crippen LogP contribution in [0.4, 0.5) is 0 Å². The van der Waals surface area contributed by atoms with Crippen molar-refractivity contribution in [2.24, 2.45) is 0 Å². The maximum Gasteiger partial charge on any atom is 0.309 e. The van der Waals surface area contributed by atoms with Gasteiger partial charge in [-0.1, -0.05) is 264 Å². The lowest BCUT2D eigenvalue weighted by atomic mass is 10.0. The number of carbonyl (C=O) groups excluding carboxylic acids is 3. The first-order chi connectivity index (χ1) is 37.0. The summed E-state index contributed by atoms with van der Waals surface area (Å²) in [4.78, 5) is 38.2. The van der Waals surface area contributed by atoms with E-state index in [1.54, 1.807) is 6.08 Å². The lowest BCUT2D eigenvalue weighted by Crippen LogP contribution is -2.30. The second-order valence-electron chi connectivity index (χ2n) is 19.9. The van der Waals surface area contributed by atoms with E-state index in [1.807, 2.05) is 6.08 Å². The fourth-order valence-corrected chi connectivity index (χ4v) is 8.13. The monoisotopic (exact) mass is 1040 g/mol. The molecular formula is C69H112O6. The van der Waals surface area contributed by atoms with E-state index >= 15 is 0 Å². The second kappa shape index (κ2) is 62.1. The Morgan fingerprint density at radius 1 is 0.293 bits per heavy atom. The molecule has 0 amide bonds. The summed E-state index contributed by atoms with van der Waals surface area (Å²) in [6.07, 6.45) is 87.7. The number of esters is 3. The van der Waals surface area contributed by atoms with Crippen molar-refractivity contribution in [1.82, 2.24) is 0 Å². The van der Waals surface area contributed by atoms with E-state index in [-0.39, 0.29) is 38.0 Å². The summed E-state index contributed by atoms with van der Waals surface area (Å²) in [7, 11) is 0. The zero-order chi connectivity index (χ0) is 54.3. The van der Waals surface area contributed by atoms with Crippen molar-refractivity contribution in [3.8, 4) is 0 Å². The number of rotatable bonds is 54. The first kappa shape index (κ1) is 70.5. The Bertz CT molecular complexity index is 1620. The Morgan fingerprint density at radius 2 is 0.573 bits per heavy atom. The van der Waals surface area contributed by atoms with Crippen LogP contribution in [-0.4, -0.2) is 37.2 Å². The molecule has 75 heavy (non-hydrogen) atoms. The maximum atomic E-state index is 12.9. The molecule has 0 aliphatic heterocycles. The minimum atomic E-state index is -0.837. The van der Waals surface area contributed by atoms with Gasteiger partial charge in [0.05, 0.1) is 6.42 Å². The van der Waals surface area contributed by atoms with Gasteiger partial charge in [0.2, 0.25) is 0 Å². The smallest absolute Gasteiger partial charge is 0.309 e. The zero-order valence-electron chi connectivity index (χ0n) is 48.5. The quantitative estimate of drug-likeness (QED) is 0.0261. The molecule has 0 N–H and O–H groups in total. The SMILES string of the molecule is CC/C=C\C/C=C\C/C=C\C/C=C\C/C=C\CC(=O)OCC(COC(=O)CCCCCCCCCCCCCCC/C=C\C/C=C\CCCCCCC)OC(=O)CCCCCC/C=C\C/C=C\C/C=C\C/C=C\CC. The lowest BCUT2D eigenvalue weighted by molar-refractivity contribution is -0.166. The molecule has 0 fully saturated rings. The summed E-state index contributed by atoms with van der Waals surface area (Å²) in [5.41, 5.74) is 0. The van der Waals surface area contributed by atoms with Gasteiger partial charge < -0.3 is 14.2 Å². The number of carbonyl (C=O) groups is 3. The lowest BCUT2D eigenvalue weighted by Gasteiger charge is -2.18. The molecule has 0 aliphatic carbocycles. The molecular weight excluding hydrogens is 925 g/mol. The second-order valence-corrected chi connectivity index (χ2v) is 19.9. The Labute approximate surface area is 462 Å². The molecule has 0 heterocycles. The van der Waals surface area contributed by atoms with Crippen LogP contribution in [0.3, 0.4) is 0 Å². The van der Waals surface area contributed by atoms with Gasteiger partial charge in [-0.2, -0.15) is 0 Å². The van der Waals surface area contributed by atoms with Crippen LogP contribution in [0.5, 0.6) is 0 Å². The summed E-state index contributed by atoms with van der Waals surface area (Å²) >= 11 is 0.